The van der Waals surface area contributed by atoms with E-state index in [1.54, 1.807) is 12.1 Å². The maximum atomic E-state index is 13.8. The molecular formula is C27H36FN5. The molecule has 176 valence electrons. The van der Waals surface area contributed by atoms with Gasteiger partial charge in [-0.1, -0.05) is 25.3 Å². The number of piperazine rings is 1. The first-order chi connectivity index (χ1) is 15.8. The van der Waals surface area contributed by atoms with Gasteiger partial charge in [0.2, 0.25) is 0 Å². The van der Waals surface area contributed by atoms with E-state index in [1.807, 2.05) is 19.1 Å². The van der Waals surface area contributed by atoms with Crippen LogP contribution in [0.2, 0.25) is 0 Å². The fourth-order valence-corrected chi connectivity index (χ4v) is 4.38. The SMILES string of the molecule is C=CCN1CCN(CCNC(=C)c2c(C)[nH]c(/C=C(\C=C)c3cc(F)ccc3N)c2C)CC1. The van der Waals surface area contributed by atoms with Gasteiger partial charge >= 0.3 is 0 Å². The number of rotatable bonds is 10. The molecule has 0 unspecified atom stereocenters. The lowest BCUT2D eigenvalue weighted by Crippen LogP contribution is -2.47. The van der Waals surface area contributed by atoms with E-state index in [-0.39, 0.29) is 5.82 Å². The molecule has 0 spiro atoms. The zero-order valence-corrected chi connectivity index (χ0v) is 19.9. The lowest BCUT2D eigenvalue weighted by atomic mass is 10.0. The number of hydrogen-bond acceptors (Lipinski definition) is 4. The number of hydrogen-bond donors (Lipinski definition) is 3. The molecule has 4 N–H and O–H groups in total. The van der Waals surface area contributed by atoms with E-state index < -0.39 is 0 Å². The van der Waals surface area contributed by atoms with Gasteiger partial charge in [0.1, 0.15) is 5.82 Å². The lowest BCUT2D eigenvalue weighted by Gasteiger charge is -2.34. The highest BCUT2D eigenvalue weighted by molar-refractivity contribution is 5.92. The van der Waals surface area contributed by atoms with E-state index >= 15 is 0 Å². The molecule has 2 aromatic rings. The lowest BCUT2D eigenvalue weighted by molar-refractivity contribution is 0.144. The molecule has 1 aliphatic rings. The summed E-state index contributed by atoms with van der Waals surface area (Å²) in [6, 6.07) is 4.37. The number of halogens is 1. The average molecular weight is 450 g/mol. The van der Waals surface area contributed by atoms with Gasteiger partial charge in [0, 0.05) is 79.7 Å². The minimum absolute atomic E-state index is 0.327. The van der Waals surface area contributed by atoms with Crippen LogP contribution in [0.15, 0.2) is 50.1 Å². The van der Waals surface area contributed by atoms with Gasteiger partial charge in [-0.15, -0.1) is 6.58 Å². The molecule has 3 rings (SSSR count). The number of nitrogens with zero attached hydrogens (tertiary/aromatic N) is 2. The zero-order valence-electron chi connectivity index (χ0n) is 19.9. The van der Waals surface area contributed by atoms with Crippen molar-refractivity contribution in [3.05, 3.63) is 84.0 Å². The van der Waals surface area contributed by atoms with E-state index in [9.17, 15) is 4.39 Å². The van der Waals surface area contributed by atoms with Crippen molar-refractivity contribution < 1.29 is 4.39 Å². The highest BCUT2D eigenvalue weighted by Crippen LogP contribution is 2.29. The van der Waals surface area contributed by atoms with E-state index in [0.717, 1.165) is 79.6 Å². The van der Waals surface area contributed by atoms with Gasteiger partial charge in [-0.25, -0.2) is 4.39 Å². The molecule has 0 amide bonds. The Hall–Kier alpha value is -3.09. The Balaban J connectivity index is 1.66. The van der Waals surface area contributed by atoms with Crippen molar-refractivity contribution in [3.8, 4) is 0 Å². The minimum Gasteiger partial charge on any atom is -0.398 e. The van der Waals surface area contributed by atoms with E-state index in [4.69, 9.17) is 5.73 Å². The number of H-pyrrole nitrogens is 1. The molecule has 1 fully saturated rings. The predicted octanol–water partition coefficient (Wildman–Crippen LogP) is 4.44. The van der Waals surface area contributed by atoms with Crippen molar-refractivity contribution in [2.24, 2.45) is 0 Å². The standard InChI is InChI=1S/C27H36FN5/c1-6-11-32-13-15-33(16-14-32)12-10-30-20(4)27-19(3)26(31-21(27)5)17-22(7-2)24-18-23(28)8-9-25(24)29/h6-9,17-18,30-31H,1-2,4,10-16,29H2,3,5H3/b22-17+. The highest BCUT2D eigenvalue weighted by Gasteiger charge is 2.17. The number of anilines is 1. The summed E-state index contributed by atoms with van der Waals surface area (Å²) >= 11 is 0. The second kappa shape index (κ2) is 11.2. The van der Waals surface area contributed by atoms with Gasteiger partial charge in [-0.2, -0.15) is 0 Å². The number of nitrogen functional groups attached to an aromatic ring is 1. The molecule has 33 heavy (non-hydrogen) atoms. The summed E-state index contributed by atoms with van der Waals surface area (Å²) in [4.78, 5) is 8.34. The predicted molar refractivity (Wildman–Crippen MR) is 139 cm³/mol. The number of benzene rings is 1. The molecule has 1 aliphatic heterocycles. The van der Waals surface area contributed by atoms with Gasteiger partial charge in [0.05, 0.1) is 0 Å². The molecular weight excluding hydrogens is 413 g/mol. The third-order valence-electron chi connectivity index (χ3n) is 6.24. The molecule has 0 bridgehead atoms. The molecule has 1 saturated heterocycles. The summed E-state index contributed by atoms with van der Waals surface area (Å²) in [5.41, 5.74) is 13.0. The van der Waals surface area contributed by atoms with E-state index in [2.05, 4.69) is 46.8 Å². The Labute approximate surface area is 197 Å². The summed E-state index contributed by atoms with van der Waals surface area (Å²) < 4.78 is 13.8. The molecule has 1 aromatic carbocycles. The van der Waals surface area contributed by atoms with Crippen LogP contribution in [0.5, 0.6) is 0 Å². The fraction of sp³-hybridized carbons (Fsp3) is 0.333. The number of allylic oxidation sites excluding steroid dienone is 2. The highest BCUT2D eigenvalue weighted by atomic mass is 19.1. The average Bonchev–Trinajstić information content (AvgIpc) is 3.08. The van der Waals surface area contributed by atoms with Crippen molar-refractivity contribution >= 4 is 23.0 Å². The summed E-state index contributed by atoms with van der Waals surface area (Å²) in [5.74, 6) is -0.327. The normalized spacial score (nSPS) is 15.4. The Morgan fingerprint density at radius 2 is 1.88 bits per heavy atom. The number of nitrogens with two attached hydrogens (primary N) is 1. The maximum Gasteiger partial charge on any atom is 0.123 e. The quantitative estimate of drug-likeness (QED) is 0.285. The van der Waals surface area contributed by atoms with Crippen molar-refractivity contribution in [1.29, 1.82) is 0 Å². The van der Waals surface area contributed by atoms with Gasteiger partial charge in [0.15, 0.2) is 0 Å². The van der Waals surface area contributed by atoms with E-state index in [0.29, 0.717) is 11.3 Å². The Bertz CT molecular complexity index is 1040. The molecule has 5 nitrogen and oxygen atoms in total. The van der Waals surface area contributed by atoms with Gasteiger partial charge in [0.25, 0.3) is 0 Å². The molecule has 0 radical (unpaired) electrons. The largest absolute Gasteiger partial charge is 0.398 e. The van der Waals surface area contributed by atoms with Gasteiger partial charge in [-0.3, -0.25) is 9.80 Å². The molecule has 2 heterocycles. The maximum absolute atomic E-state index is 13.8. The molecule has 0 saturated carbocycles. The summed E-state index contributed by atoms with van der Waals surface area (Å²) in [5, 5.41) is 3.50. The second-order valence-electron chi connectivity index (χ2n) is 8.54. The van der Waals surface area contributed by atoms with Crippen LogP contribution >= 0.6 is 0 Å². The molecule has 6 heteroatoms. The molecule has 1 aromatic heterocycles. The summed E-state index contributed by atoms with van der Waals surface area (Å²) in [7, 11) is 0. The third-order valence-corrected chi connectivity index (χ3v) is 6.24. The van der Waals surface area contributed by atoms with Crippen LogP contribution in [0, 0.1) is 19.7 Å². The van der Waals surface area contributed by atoms with Crippen LogP contribution in [0.25, 0.3) is 17.3 Å². The molecule has 0 atom stereocenters. The minimum atomic E-state index is -0.327. The number of aromatic amines is 1. The van der Waals surface area contributed by atoms with Crippen LogP contribution in [-0.2, 0) is 0 Å². The van der Waals surface area contributed by atoms with Crippen LogP contribution in [0.4, 0.5) is 10.1 Å². The smallest absolute Gasteiger partial charge is 0.123 e. The second-order valence-corrected chi connectivity index (χ2v) is 8.54. The van der Waals surface area contributed by atoms with Crippen molar-refractivity contribution in [2.45, 2.75) is 13.8 Å². The van der Waals surface area contributed by atoms with Gasteiger partial charge < -0.3 is 16.0 Å². The number of aryl methyl sites for hydroxylation is 1. The third kappa shape index (κ3) is 6.03. The molecule has 0 aliphatic carbocycles. The van der Waals surface area contributed by atoms with Crippen LogP contribution < -0.4 is 11.1 Å². The Morgan fingerprint density at radius 3 is 2.55 bits per heavy atom. The number of aromatic nitrogens is 1. The Kier molecular flexibility index (Phi) is 8.31. The Morgan fingerprint density at radius 1 is 1.18 bits per heavy atom. The van der Waals surface area contributed by atoms with Crippen molar-refractivity contribution in [2.75, 3.05) is 51.5 Å². The van der Waals surface area contributed by atoms with Crippen LogP contribution in [0.3, 0.4) is 0 Å². The van der Waals surface area contributed by atoms with Crippen LogP contribution in [-0.4, -0.2) is 60.6 Å². The monoisotopic (exact) mass is 449 g/mol. The first-order valence-electron chi connectivity index (χ1n) is 11.4. The summed E-state index contributed by atoms with van der Waals surface area (Å²) in [6.07, 6.45) is 5.62. The first kappa shape index (κ1) is 24.6. The summed E-state index contributed by atoms with van der Waals surface area (Å²) in [6.45, 7) is 23.2. The van der Waals surface area contributed by atoms with Crippen molar-refractivity contribution in [3.63, 3.8) is 0 Å². The van der Waals surface area contributed by atoms with Crippen molar-refractivity contribution in [1.82, 2.24) is 20.1 Å². The topological polar surface area (TPSA) is 60.3 Å². The first-order valence-corrected chi connectivity index (χ1v) is 11.4. The van der Waals surface area contributed by atoms with Gasteiger partial charge in [-0.05, 0) is 49.3 Å². The van der Waals surface area contributed by atoms with Crippen LogP contribution in [0.1, 0.15) is 28.1 Å². The number of nitrogens with one attached hydrogen (secondary N) is 2. The van der Waals surface area contributed by atoms with E-state index in [1.165, 1.54) is 12.1 Å². The fourth-order valence-electron chi connectivity index (χ4n) is 4.38. The zero-order chi connectivity index (χ0) is 24.0.